The van der Waals surface area contributed by atoms with Crippen molar-refractivity contribution in [2.24, 2.45) is 0 Å². The second-order valence-corrected chi connectivity index (χ2v) is 6.70. The minimum atomic E-state index is -4.44. The number of alkyl halides is 3. The van der Waals surface area contributed by atoms with Gasteiger partial charge in [-0.05, 0) is 36.4 Å². The van der Waals surface area contributed by atoms with Crippen LogP contribution in [0.15, 0.2) is 48.8 Å². The van der Waals surface area contributed by atoms with Gasteiger partial charge in [0.2, 0.25) is 0 Å². The van der Waals surface area contributed by atoms with Gasteiger partial charge < -0.3 is 9.72 Å². The van der Waals surface area contributed by atoms with E-state index in [1.165, 1.54) is 31.6 Å². The summed E-state index contributed by atoms with van der Waals surface area (Å²) in [6.45, 7) is 0. The van der Waals surface area contributed by atoms with Crippen LogP contribution in [0, 0.1) is 0 Å². The highest BCUT2D eigenvalue weighted by molar-refractivity contribution is 6.33. The quantitative estimate of drug-likeness (QED) is 0.453. The van der Waals surface area contributed by atoms with Crippen LogP contribution in [-0.4, -0.2) is 33.0 Å². The van der Waals surface area contributed by atoms with E-state index in [1.807, 2.05) is 0 Å². The number of imidazole rings is 1. The summed E-state index contributed by atoms with van der Waals surface area (Å²) in [7, 11) is 1.26. The molecule has 0 saturated carbocycles. The van der Waals surface area contributed by atoms with E-state index in [4.69, 9.17) is 11.6 Å². The van der Waals surface area contributed by atoms with Gasteiger partial charge in [0.15, 0.2) is 5.82 Å². The summed E-state index contributed by atoms with van der Waals surface area (Å²) in [5, 5.41) is 0.246. The SMILES string of the molecule is COC(=O)c1cnc(-c2ccc(-c3nc4ccc(C(F)(F)F)cc4[nH]3)nc2)c(Cl)c1. The lowest BCUT2D eigenvalue weighted by molar-refractivity contribution is -0.137. The summed E-state index contributed by atoms with van der Waals surface area (Å²) in [4.78, 5) is 27.2. The third-order valence-corrected chi connectivity index (χ3v) is 4.64. The summed E-state index contributed by atoms with van der Waals surface area (Å²) >= 11 is 6.22. The van der Waals surface area contributed by atoms with Crippen molar-refractivity contribution in [1.82, 2.24) is 19.9 Å². The predicted octanol–water partition coefficient (Wildman–Crippen LogP) is 5.15. The number of fused-ring (bicyclic) bond motifs is 1. The molecule has 1 aromatic carbocycles. The first kappa shape index (κ1) is 19.8. The smallest absolute Gasteiger partial charge is 0.416 e. The van der Waals surface area contributed by atoms with E-state index in [0.29, 0.717) is 28.3 Å². The van der Waals surface area contributed by atoms with Gasteiger partial charge in [0.1, 0.15) is 5.69 Å². The van der Waals surface area contributed by atoms with Crippen molar-refractivity contribution in [3.8, 4) is 22.8 Å². The second-order valence-electron chi connectivity index (χ2n) is 6.29. The van der Waals surface area contributed by atoms with Crippen LogP contribution >= 0.6 is 11.6 Å². The molecule has 0 aliphatic carbocycles. The first-order valence-electron chi connectivity index (χ1n) is 8.54. The Kier molecular flexibility index (Phi) is 4.90. The van der Waals surface area contributed by atoms with Gasteiger partial charge in [-0.25, -0.2) is 9.78 Å². The molecule has 3 heterocycles. The van der Waals surface area contributed by atoms with Crippen molar-refractivity contribution in [3.05, 3.63) is 64.9 Å². The van der Waals surface area contributed by atoms with Crippen LogP contribution in [0.1, 0.15) is 15.9 Å². The molecule has 1 N–H and O–H groups in total. The van der Waals surface area contributed by atoms with E-state index in [2.05, 4.69) is 24.7 Å². The average Bonchev–Trinajstić information content (AvgIpc) is 3.16. The zero-order valence-corrected chi connectivity index (χ0v) is 16.0. The number of rotatable bonds is 3. The zero-order chi connectivity index (χ0) is 21.5. The number of halogens is 4. The molecule has 0 fully saturated rings. The molecule has 0 atom stereocenters. The molecular weight excluding hydrogens is 421 g/mol. The molecule has 4 rings (SSSR count). The van der Waals surface area contributed by atoms with E-state index in [1.54, 1.807) is 12.1 Å². The molecule has 4 aromatic rings. The Morgan fingerprint density at radius 2 is 1.90 bits per heavy atom. The Morgan fingerprint density at radius 1 is 1.10 bits per heavy atom. The number of methoxy groups -OCH3 is 1. The molecule has 152 valence electrons. The fourth-order valence-electron chi connectivity index (χ4n) is 2.86. The number of hydrogen-bond donors (Lipinski definition) is 1. The summed E-state index contributed by atoms with van der Waals surface area (Å²) in [5.41, 5.74) is 1.56. The van der Waals surface area contributed by atoms with Gasteiger partial charge >= 0.3 is 12.1 Å². The topological polar surface area (TPSA) is 80.8 Å². The number of ether oxygens (including phenoxy) is 1. The number of nitrogens with zero attached hydrogens (tertiary/aromatic N) is 3. The molecule has 0 amide bonds. The van der Waals surface area contributed by atoms with Gasteiger partial charge in [-0.15, -0.1) is 0 Å². The van der Waals surface area contributed by atoms with Crippen molar-refractivity contribution in [2.75, 3.05) is 7.11 Å². The van der Waals surface area contributed by atoms with Gasteiger partial charge in [0.25, 0.3) is 0 Å². The maximum atomic E-state index is 12.9. The summed E-state index contributed by atoms with van der Waals surface area (Å²) in [6.07, 6.45) is -1.58. The number of esters is 1. The fraction of sp³-hybridized carbons (Fsp3) is 0.100. The van der Waals surface area contributed by atoms with Crippen LogP contribution in [0.3, 0.4) is 0 Å². The van der Waals surface area contributed by atoms with Gasteiger partial charge in [-0.3, -0.25) is 9.97 Å². The fourth-order valence-corrected chi connectivity index (χ4v) is 3.14. The molecule has 30 heavy (non-hydrogen) atoms. The zero-order valence-electron chi connectivity index (χ0n) is 15.3. The van der Waals surface area contributed by atoms with Crippen molar-refractivity contribution in [3.63, 3.8) is 0 Å². The number of benzene rings is 1. The van der Waals surface area contributed by atoms with Crippen molar-refractivity contribution < 1.29 is 22.7 Å². The lowest BCUT2D eigenvalue weighted by Crippen LogP contribution is -2.04. The van der Waals surface area contributed by atoms with Gasteiger partial charge in [-0.1, -0.05) is 11.6 Å². The van der Waals surface area contributed by atoms with Gasteiger partial charge in [0, 0.05) is 18.0 Å². The van der Waals surface area contributed by atoms with Crippen molar-refractivity contribution in [2.45, 2.75) is 6.18 Å². The standard InChI is InChI=1S/C20H12ClF3N4O2/c1-30-19(29)11-6-13(21)17(26-9-11)10-2-4-15(25-8-10)18-27-14-5-3-12(20(22,23)24)7-16(14)28-18/h2-9H,1H3,(H,27,28). The van der Waals surface area contributed by atoms with Crippen LogP contribution < -0.4 is 0 Å². The molecule has 6 nitrogen and oxygen atoms in total. The largest absolute Gasteiger partial charge is 0.465 e. The van der Waals surface area contributed by atoms with E-state index in [9.17, 15) is 18.0 Å². The predicted molar refractivity (Wildman–Crippen MR) is 104 cm³/mol. The Morgan fingerprint density at radius 3 is 2.53 bits per heavy atom. The van der Waals surface area contributed by atoms with E-state index >= 15 is 0 Å². The highest BCUT2D eigenvalue weighted by Gasteiger charge is 2.30. The number of carbonyl (C=O) groups is 1. The minimum absolute atomic E-state index is 0.219. The van der Waals surface area contributed by atoms with Crippen molar-refractivity contribution in [1.29, 1.82) is 0 Å². The molecule has 0 spiro atoms. The third kappa shape index (κ3) is 3.71. The number of H-pyrrole nitrogens is 1. The lowest BCUT2D eigenvalue weighted by atomic mass is 10.1. The third-order valence-electron chi connectivity index (χ3n) is 4.35. The Bertz CT molecular complexity index is 1250. The monoisotopic (exact) mass is 432 g/mol. The van der Waals surface area contributed by atoms with E-state index < -0.39 is 17.7 Å². The Balaban J connectivity index is 1.65. The molecule has 0 bridgehead atoms. The molecule has 0 aliphatic heterocycles. The molecule has 0 saturated heterocycles. The summed E-state index contributed by atoms with van der Waals surface area (Å²) < 4.78 is 43.3. The first-order chi connectivity index (χ1) is 14.3. The average molecular weight is 433 g/mol. The van der Waals surface area contributed by atoms with Crippen LogP contribution in [-0.2, 0) is 10.9 Å². The highest BCUT2D eigenvalue weighted by Crippen LogP contribution is 2.32. The number of nitrogens with one attached hydrogen (secondary N) is 1. The highest BCUT2D eigenvalue weighted by atomic mass is 35.5. The van der Waals surface area contributed by atoms with Crippen LogP contribution in [0.5, 0.6) is 0 Å². The number of hydrogen-bond acceptors (Lipinski definition) is 5. The summed E-state index contributed by atoms with van der Waals surface area (Å²) in [6, 6.07) is 8.08. The number of pyridine rings is 2. The van der Waals surface area contributed by atoms with E-state index in [-0.39, 0.29) is 16.1 Å². The minimum Gasteiger partial charge on any atom is -0.465 e. The molecule has 0 unspecified atom stereocenters. The van der Waals surface area contributed by atoms with Crippen LogP contribution in [0.4, 0.5) is 13.2 Å². The molecule has 3 aromatic heterocycles. The van der Waals surface area contributed by atoms with Gasteiger partial charge in [0.05, 0.1) is 40.0 Å². The maximum Gasteiger partial charge on any atom is 0.416 e. The van der Waals surface area contributed by atoms with Crippen LogP contribution in [0.25, 0.3) is 33.8 Å². The Hall–Kier alpha value is -3.46. The second kappa shape index (κ2) is 7.42. The van der Waals surface area contributed by atoms with E-state index in [0.717, 1.165) is 12.1 Å². The molecular formula is C20H12ClF3N4O2. The Labute approximate surface area is 172 Å². The number of carbonyl (C=O) groups excluding carboxylic acids is 1. The first-order valence-corrected chi connectivity index (χ1v) is 8.91. The molecule has 10 heteroatoms. The molecule has 0 radical (unpaired) electrons. The lowest BCUT2D eigenvalue weighted by Gasteiger charge is -2.06. The summed E-state index contributed by atoms with van der Waals surface area (Å²) in [5.74, 6) is -0.223. The number of aromatic amines is 1. The number of aromatic nitrogens is 4. The van der Waals surface area contributed by atoms with Crippen LogP contribution in [0.2, 0.25) is 5.02 Å². The van der Waals surface area contributed by atoms with Crippen molar-refractivity contribution >= 4 is 28.6 Å². The molecule has 0 aliphatic rings. The van der Waals surface area contributed by atoms with Gasteiger partial charge in [-0.2, -0.15) is 13.2 Å². The normalized spacial score (nSPS) is 11.6. The maximum absolute atomic E-state index is 12.9.